The zero-order chi connectivity index (χ0) is 39.0. The number of benzene rings is 4. The molecular weight excluding hydrogens is 743 g/mol. The highest BCUT2D eigenvalue weighted by Gasteiger charge is 2.31. The average Bonchev–Trinajstić information content (AvgIpc) is 3.86. The zero-order valence-electron chi connectivity index (χ0n) is 30.7. The van der Waals surface area contributed by atoms with Gasteiger partial charge in [0.2, 0.25) is 5.91 Å². The zero-order valence-corrected chi connectivity index (χ0v) is 32.4. The van der Waals surface area contributed by atoms with Crippen LogP contribution in [0, 0.1) is 0 Å². The van der Waals surface area contributed by atoms with Crippen molar-refractivity contribution in [3.05, 3.63) is 166 Å². The smallest absolute Gasteiger partial charge is 0.341 e. The number of nitrogens with one attached hydrogen (secondary N) is 3. The van der Waals surface area contributed by atoms with Crippen LogP contribution in [0.15, 0.2) is 142 Å². The Labute approximate surface area is 333 Å². The SMILES string of the molecule is COC(=O)c1c(NC(=O)[C@H](C)Sc2ccc(NC(=O)/C(=C\c3ccc(-c4ccccc4)o3)NC(=O)c3ccccc3)cc2)sc2c1CC[C@@H](c1ccccc1)C2. The van der Waals surface area contributed by atoms with Crippen LogP contribution in [0.5, 0.6) is 0 Å². The van der Waals surface area contributed by atoms with Gasteiger partial charge in [0.25, 0.3) is 11.8 Å². The van der Waals surface area contributed by atoms with Gasteiger partial charge in [0, 0.05) is 32.7 Å². The van der Waals surface area contributed by atoms with Crippen molar-refractivity contribution in [2.75, 3.05) is 17.7 Å². The van der Waals surface area contributed by atoms with E-state index in [0.717, 1.165) is 40.2 Å². The molecule has 0 saturated carbocycles. The molecule has 3 amide bonds. The number of carbonyl (C=O) groups is 4. The number of furan rings is 1. The fraction of sp³-hybridized carbons (Fsp3) is 0.156. The van der Waals surface area contributed by atoms with Crippen molar-refractivity contribution < 1.29 is 28.3 Å². The molecule has 1 aliphatic carbocycles. The molecule has 11 heteroatoms. The maximum Gasteiger partial charge on any atom is 0.341 e. The number of rotatable bonds is 12. The van der Waals surface area contributed by atoms with Crippen LogP contribution in [-0.2, 0) is 27.2 Å². The first-order chi connectivity index (χ1) is 27.2. The number of amides is 3. The van der Waals surface area contributed by atoms with Crippen molar-refractivity contribution in [2.45, 2.75) is 42.2 Å². The third-order valence-electron chi connectivity index (χ3n) is 9.46. The maximum atomic E-state index is 13.6. The van der Waals surface area contributed by atoms with E-state index in [1.54, 1.807) is 61.5 Å². The standard InChI is InChI=1S/C45H39N3O6S2/c1-28(41(49)48-44-40(45(52)53-2)36-24-18-32(26-39(36)56-44)29-12-6-3-7-13-29)55-35-22-19-33(20-23-35)46-43(51)37(47-42(50)31-16-10-5-11-17-31)27-34-21-25-38(54-34)30-14-8-4-9-15-30/h3-17,19-23,25,27-28,32H,18,24,26H2,1-2H3,(H,46,51)(H,47,50)(H,48,49)/b37-27+/t28-,32+/m0/s1. The van der Waals surface area contributed by atoms with Gasteiger partial charge in [0.05, 0.1) is 17.9 Å². The van der Waals surface area contributed by atoms with Crippen LogP contribution < -0.4 is 16.0 Å². The van der Waals surface area contributed by atoms with Crippen LogP contribution >= 0.6 is 23.1 Å². The highest BCUT2D eigenvalue weighted by atomic mass is 32.2. The minimum Gasteiger partial charge on any atom is -0.465 e. The van der Waals surface area contributed by atoms with E-state index in [0.29, 0.717) is 39.3 Å². The van der Waals surface area contributed by atoms with Gasteiger partial charge in [-0.2, -0.15) is 0 Å². The molecule has 282 valence electrons. The highest BCUT2D eigenvalue weighted by Crippen LogP contribution is 2.43. The summed E-state index contributed by atoms with van der Waals surface area (Å²) in [6, 6.07) is 39.2. The number of anilines is 2. The Morgan fingerprint density at radius 3 is 2.21 bits per heavy atom. The molecule has 2 aromatic heterocycles. The normalized spacial score (nSPS) is 14.2. The molecule has 6 aromatic rings. The van der Waals surface area contributed by atoms with E-state index in [9.17, 15) is 19.2 Å². The van der Waals surface area contributed by atoms with Crippen molar-refractivity contribution >= 4 is 63.6 Å². The Morgan fingerprint density at radius 2 is 1.52 bits per heavy atom. The topological polar surface area (TPSA) is 127 Å². The number of fused-ring (bicyclic) bond motifs is 1. The van der Waals surface area contributed by atoms with Gasteiger partial charge in [-0.25, -0.2) is 4.79 Å². The first kappa shape index (κ1) is 38.1. The molecule has 0 unspecified atom stereocenters. The molecule has 7 rings (SSSR count). The number of esters is 1. The van der Waals surface area contributed by atoms with Crippen molar-refractivity contribution in [1.82, 2.24) is 5.32 Å². The minimum absolute atomic E-state index is 0.00581. The summed E-state index contributed by atoms with van der Waals surface area (Å²) in [6.45, 7) is 1.80. The van der Waals surface area contributed by atoms with Crippen molar-refractivity contribution in [2.24, 2.45) is 0 Å². The number of hydrogen-bond donors (Lipinski definition) is 3. The van der Waals surface area contributed by atoms with Gasteiger partial charge in [-0.1, -0.05) is 78.9 Å². The largest absolute Gasteiger partial charge is 0.465 e. The molecule has 4 aromatic carbocycles. The lowest BCUT2D eigenvalue weighted by atomic mass is 9.83. The van der Waals surface area contributed by atoms with Crippen LogP contribution in [-0.4, -0.2) is 36.1 Å². The van der Waals surface area contributed by atoms with E-state index in [1.165, 1.54) is 41.8 Å². The van der Waals surface area contributed by atoms with E-state index >= 15 is 0 Å². The van der Waals surface area contributed by atoms with E-state index in [1.807, 2.05) is 60.7 Å². The quantitative estimate of drug-likeness (QED) is 0.0641. The molecule has 1 aliphatic rings. The molecule has 3 N–H and O–H groups in total. The van der Waals surface area contributed by atoms with Gasteiger partial charge < -0.3 is 25.1 Å². The molecule has 0 aliphatic heterocycles. The van der Waals surface area contributed by atoms with Gasteiger partial charge >= 0.3 is 5.97 Å². The molecule has 2 atom stereocenters. The van der Waals surface area contributed by atoms with Crippen molar-refractivity contribution in [3.63, 3.8) is 0 Å². The third-order valence-corrected chi connectivity index (χ3v) is 11.7. The van der Waals surface area contributed by atoms with E-state index in [2.05, 4.69) is 28.1 Å². The number of methoxy groups -OCH3 is 1. The van der Waals surface area contributed by atoms with Gasteiger partial charge in [-0.15, -0.1) is 23.1 Å². The summed E-state index contributed by atoms with van der Waals surface area (Å²) in [7, 11) is 1.36. The summed E-state index contributed by atoms with van der Waals surface area (Å²) in [5.74, 6) is -0.329. The predicted molar refractivity (Wildman–Crippen MR) is 222 cm³/mol. The van der Waals surface area contributed by atoms with Crippen molar-refractivity contribution in [3.8, 4) is 11.3 Å². The lowest BCUT2D eigenvalue weighted by molar-refractivity contribution is -0.115. The van der Waals surface area contributed by atoms with Gasteiger partial charge in [-0.05, 0) is 91.8 Å². The third kappa shape index (κ3) is 9.02. The van der Waals surface area contributed by atoms with Crippen LogP contribution in [0.3, 0.4) is 0 Å². The van der Waals surface area contributed by atoms with Crippen LogP contribution in [0.2, 0.25) is 0 Å². The predicted octanol–water partition coefficient (Wildman–Crippen LogP) is 9.60. The van der Waals surface area contributed by atoms with Crippen LogP contribution in [0.4, 0.5) is 10.7 Å². The highest BCUT2D eigenvalue weighted by molar-refractivity contribution is 8.00. The summed E-state index contributed by atoms with van der Waals surface area (Å²) in [6.07, 6.45) is 3.93. The molecule has 2 heterocycles. The van der Waals surface area contributed by atoms with Gasteiger partial charge in [0.15, 0.2) is 0 Å². The van der Waals surface area contributed by atoms with Crippen LogP contribution in [0.1, 0.15) is 61.7 Å². The summed E-state index contributed by atoms with van der Waals surface area (Å²) in [4.78, 5) is 55.1. The number of hydrogen-bond acceptors (Lipinski definition) is 8. The van der Waals surface area contributed by atoms with Crippen LogP contribution in [0.25, 0.3) is 17.4 Å². The molecule has 0 bridgehead atoms. The summed E-state index contributed by atoms with van der Waals surface area (Å²) in [5, 5.41) is 8.62. The Hall–Kier alpha value is -6.17. The second-order valence-electron chi connectivity index (χ2n) is 13.2. The monoisotopic (exact) mass is 781 g/mol. The number of carbonyl (C=O) groups excluding carboxylic acids is 4. The maximum absolute atomic E-state index is 13.6. The molecule has 0 fully saturated rings. The Morgan fingerprint density at radius 1 is 0.839 bits per heavy atom. The minimum atomic E-state index is -0.546. The summed E-state index contributed by atoms with van der Waals surface area (Å²) in [5.41, 5.74) is 4.43. The van der Waals surface area contributed by atoms with E-state index in [4.69, 9.17) is 9.15 Å². The molecule has 0 spiro atoms. The number of thioether (sulfide) groups is 1. The lowest BCUT2D eigenvalue weighted by Gasteiger charge is -2.22. The lowest BCUT2D eigenvalue weighted by Crippen LogP contribution is -2.30. The Bertz CT molecular complexity index is 2370. The average molecular weight is 782 g/mol. The fourth-order valence-corrected chi connectivity index (χ4v) is 8.75. The number of thiophene rings is 1. The first-order valence-corrected chi connectivity index (χ1v) is 19.9. The first-order valence-electron chi connectivity index (χ1n) is 18.2. The molecule has 0 radical (unpaired) electrons. The Balaban J connectivity index is 1.02. The van der Waals surface area contributed by atoms with Gasteiger partial charge in [-0.3, -0.25) is 14.4 Å². The summed E-state index contributed by atoms with van der Waals surface area (Å²) >= 11 is 2.80. The Kier molecular flexibility index (Phi) is 11.9. The molecule has 56 heavy (non-hydrogen) atoms. The van der Waals surface area contributed by atoms with E-state index in [-0.39, 0.29) is 11.6 Å². The van der Waals surface area contributed by atoms with Crippen molar-refractivity contribution in [1.29, 1.82) is 0 Å². The second kappa shape index (κ2) is 17.5. The van der Waals surface area contributed by atoms with Gasteiger partial charge in [0.1, 0.15) is 22.2 Å². The molecular formula is C45H39N3O6S2. The molecule has 0 saturated heterocycles. The number of ether oxygens (including phenoxy) is 1. The second-order valence-corrected chi connectivity index (χ2v) is 15.7. The van der Waals surface area contributed by atoms with E-state index < -0.39 is 23.0 Å². The summed E-state index contributed by atoms with van der Waals surface area (Å²) < 4.78 is 11.1. The fourth-order valence-electron chi connectivity index (χ4n) is 6.56. The molecule has 9 nitrogen and oxygen atoms in total.